The Labute approximate surface area is 123 Å². The summed E-state index contributed by atoms with van der Waals surface area (Å²) >= 11 is 1.76. The standard InChI is InChI=1S/C16H20N2OS/c19-16(15-3-1-2-7-17-15)14-4-8-18(9-5-14)11-13-6-10-20-12-13/h1-3,6-7,10,12,14,16,19H,4-5,8-9,11H2/t16-/m1/s1. The van der Waals surface area contributed by atoms with Crippen molar-refractivity contribution in [2.24, 2.45) is 5.92 Å². The first-order chi connectivity index (χ1) is 9.83. The van der Waals surface area contributed by atoms with E-state index in [0.717, 1.165) is 38.2 Å². The summed E-state index contributed by atoms with van der Waals surface area (Å²) in [4.78, 5) is 6.75. The average Bonchev–Trinajstić information content (AvgIpc) is 3.01. The lowest BCUT2D eigenvalue weighted by atomic mass is 9.89. The molecule has 0 spiro atoms. The summed E-state index contributed by atoms with van der Waals surface area (Å²) in [6.07, 6.45) is 3.42. The minimum Gasteiger partial charge on any atom is -0.387 e. The molecule has 1 atom stereocenters. The van der Waals surface area contributed by atoms with Crippen LogP contribution in [0, 0.1) is 5.92 Å². The van der Waals surface area contributed by atoms with Gasteiger partial charge in [-0.05, 0) is 66.4 Å². The minimum absolute atomic E-state index is 0.337. The van der Waals surface area contributed by atoms with Crippen molar-refractivity contribution < 1.29 is 5.11 Å². The van der Waals surface area contributed by atoms with Crippen LogP contribution in [0.2, 0.25) is 0 Å². The Kier molecular flexibility index (Phi) is 4.45. The highest BCUT2D eigenvalue weighted by atomic mass is 32.1. The van der Waals surface area contributed by atoms with Crippen LogP contribution in [-0.2, 0) is 6.54 Å². The van der Waals surface area contributed by atoms with Crippen LogP contribution < -0.4 is 0 Å². The Bertz CT molecular complexity index is 507. The van der Waals surface area contributed by atoms with Crippen molar-refractivity contribution in [2.45, 2.75) is 25.5 Å². The van der Waals surface area contributed by atoms with E-state index in [1.165, 1.54) is 5.56 Å². The molecule has 20 heavy (non-hydrogen) atoms. The van der Waals surface area contributed by atoms with Crippen molar-refractivity contribution in [3.05, 3.63) is 52.5 Å². The number of aromatic nitrogens is 1. The molecule has 3 rings (SSSR count). The third-order valence-corrected chi connectivity index (χ3v) is 4.79. The van der Waals surface area contributed by atoms with Crippen molar-refractivity contribution >= 4 is 11.3 Å². The molecule has 0 saturated carbocycles. The van der Waals surface area contributed by atoms with Gasteiger partial charge in [-0.1, -0.05) is 6.07 Å². The van der Waals surface area contributed by atoms with Crippen LogP contribution in [0.25, 0.3) is 0 Å². The van der Waals surface area contributed by atoms with Crippen molar-refractivity contribution in [3.8, 4) is 0 Å². The van der Waals surface area contributed by atoms with Gasteiger partial charge >= 0.3 is 0 Å². The molecule has 2 aromatic heterocycles. The molecule has 0 bridgehead atoms. The lowest BCUT2D eigenvalue weighted by Gasteiger charge is -2.33. The van der Waals surface area contributed by atoms with E-state index in [1.54, 1.807) is 17.5 Å². The first-order valence-electron chi connectivity index (χ1n) is 7.15. The van der Waals surface area contributed by atoms with Crippen LogP contribution in [-0.4, -0.2) is 28.1 Å². The number of nitrogens with zero attached hydrogens (tertiary/aromatic N) is 2. The van der Waals surface area contributed by atoms with Gasteiger partial charge in [0.05, 0.1) is 11.8 Å². The molecule has 1 aliphatic rings. The number of aliphatic hydroxyl groups is 1. The Hall–Kier alpha value is -1.23. The highest BCUT2D eigenvalue weighted by molar-refractivity contribution is 7.07. The van der Waals surface area contributed by atoms with Crippen molar-refractivity contribution in [2.75, 3.05) is 13.1 Å². The summed E-state index contributed by atoms with van der Waals surface area (Å²) < 4.78 is 0. The normalized spacial score (nSPS) is 19.1. The van der Waals surface area contributed by atoms with Gasteiger partial charge in [-0.15, -0.1) is 0 Å². The molecule has 4 heteroatoms. The Balaban J connectivity index is 1.53. The number of rotatable bonds is 4. The van der Waals surface area contributed by atoms with Crippen LogP contribution in [0.3, 0.4) is 0 Å². The molecule has 1 N–H and O–H groups in total. The molecule has 0 aromatic carbocycles. The van der Waals surface area contributed by atoms with Gasteiger partial charge in [-0.3, -0.25) is 9.88 Å². The second-order valence-electron chi connectivity index (χ2n) is 5.44. The third kappa shape index (κ3) is 3.26. The molecule has 1 fully saturated rings. The van der Waals surface area contributed by atoms with Crippen LogP contribution in [0.4, 0.5) is 0 Å². The molecule has 3 heterocycles. The zero-order valence-electron chi connectivity index (χ0n) is 11.5. The summed E-state index contributed by atoms with van der Waals surface area (Å²) in [7, 11) is 0. The molecule has 106 valence electrons. The lowest BCUT2D eigenvalue weighted by molar-refractivity contribution is 0.0540. The van der Waals surface area contributed by atoms with E-state index in [9.17, 15) is 5.11 Å². The van der Waals surface area contributed by atoms with E-state index >= 15 is 0 Å². The van der Waals surface area contributed by atoms with Gasteiger partial charge in [0, 0.05) is 12.7 Å². The summed E-state index contributed by atoms with van der Waals surface area (Å²) in [6.45, 7) is 3.16. The van der Waals surface area contributed by atoms with E-state index in [-0.39, 0.29) is 0 Å². The van der Waals surface area contributed by atoms with Crippen LogP contribution in [0.5, 0.6) is 0 Å². The summed E-state index contributed by atoms with van der Waals surface area (Å²) in [5, 5.41) is 14.8. The van der Waals surface area contributed by atoms with E-state index in [2.05, 4.69) is 26.7 Å². The zero-order chi connectivity index (χ0) is 13.8. The maximum absolute atomic E-state index is 10.4. The summed E-state index contributed by atoms with van der Waals surface area (Å²) in [6, 6.07) is 7.94. The predicted octanol–water partition coefficient (Wildman–Crippen LogP) is 3.09. The van der Waals surface area contributed by atoms with Crippen LogP contribution in [0.1, 0.15) is 30.2 Å². The number of hydrogen-bond acceptors (Lipinski definition) is 4. The van der Waals surface area contributed by atoms with Gasteiger partial charge in [0.1, 0.15) is 0 Å². The van der Waals surface area contributed by atoms with Crippen LogP contribution >= 0.6 is 11.3 Å². The summed E-state index contributed by atoms with van der Waals surface area (Å²) in [5.74, 6) is 0.337. The Morgan fingerprint density at radius 2 is 2.15 bits per heavy atom. The first kappa shape index (κ1) is 13.7. The topological polar surface area (TPSA) is 36.4 Å². The number of likely N-dealkylation sites (tertiary alicyclic amines) is 1. The molecule has 3 nitrogen and oxygen atoms in total. The van der Waals surface area contributed by atoms with Crippen LogP contribution in [0.15, 0.2) is 41.2 Å². The number of piperidine rings is 1. The number of thiophene rings is 1. The summed E-state index contributed by atoms with van der Waals surface area (Å²) in [5.41, 5.74) is 2.21. The van der Waals surface area contributed by atoms with Crippen molar-refractivity contribution in [1.82, 2.24) is 9.88 Å². The highest BCUT2D eigenvalue weighted by Gasteiger charge is 2.26. The third-order valence-electron chi connectivity index (χ3n) is 4.06. The van der Waals surface area contributed by atoms with E-state index in [4.69, 9.17) is 0 Å². The van der Waals surface area contributed by atoms with Gasteiger partial charge in [-0.2, -0.15) is 11.3 Å². The van der Waals surface area contributed by atoms with Gasteiger partial charge < -0.3 is 5.11 Å². The minimum atomic E-state index is -0.417. The van der Waals surface area contributed by atoms with Gasteiger partial charge in [0.2, 0.25) is 0 Å². The fourth-order valence-electron chi connectivity index (χ4n) is 2.86. The smallest absolute Gasteiger partial charge is 0.0988 e. The molecule has 0 radical (unpaired) electrons. The second-order valence-corrected chi connectivity index (χ2v) is 6.22. The number of aliphatic hydroxyl groups excluding tert-OH is 1. The van der Waals surface area contributed by atoms with E-state index < -0.39 is 6.10 Å². The Morgan fingerprint density at radius 3 is 2.80 bits per heavy atom. The molecule has 0 aliphatic carbocycles. The van der Waals surface area contributed by atoms with E-state index in [1.807, 2.05) is 18.2 Å². The molecular formula is C16H20N2OS. The quantitative estimate of drug-likeness (QED) is 0.939. The fraction of sp³-hybridized carbons (Fsp3) is 0.438. The zero-order valence-corrected chi connectivity index (χ0v) is 12.3. The molecular weight excluding hydrogens is 268 g/mol. The SMILES string of the molecule is O[C@@H](c1ccccn1)C1CCN(Cc2ccsc2)CC1. The Morgan fingerprint density at radius 1 is 1.30 bits per heavy atom. The van der Waals surface area contributed by atoms with Crippen molar-refractivity contribution in [1.29, 1.82) is 0 Å². The maximum atomic E-state index is 10.4. The number of hydrogen-bond donors (Lipinski definition) is 1. The molecule has 1 saturated heterocycles. The first-order valence-corrected chi connectivity index (χ1v) is 8.09. The second kappa shape index (κ2) is 6.48. The molecule has 0 unspecified atom stereocenters. The molecule has 1 aliphatic heterocycles. The maximum Gasteiger partial charge on any atom is 0.0988 e. The molecule has 0 amide bonds. The van der Waals surface area contributed by atoms with Gasteiger partial charge in [0.25, 0.3) is 0 Å². The lowest BCUT2D eigenvalue weighted by Crippen LogP contribution is -2.35. The monoisotopic (exact) mass is 288 g/mol. The highest BCUT2D eigenvalue weighted by Crippen LogP contribution is 2.30. The van der Waals surface area contributed by atoms with Gasteiger partial charge in [0.15, 0.2) is 0 Å². The largest absolute Gasteiger partial charge is 0.387 e. The van der Waals surface area contributed by atoms with Gasteiger partial charge in [-0.25, -0.2) is 0 Å². The van der Waals surface area contributed by atoms with Crippen molar-refractivity contribution in [3.63, 3.8) is 0 Å². The van der Waals surface area contributed by atoms with E-state index in [0.29, 0.717) is 5.92 Å². The predicted molar refractivity (Wildman–Crippen MR) is 81.5 cm³/mol. The number of pyridine rings is 1. The fourth-order valence-corrected chi connectivity index (χ4v) is 3.52. The average molecular weight is 288 g/mol. The molecule has 2 aromatic rings.